The third-order valence-electron chi connectivity index (χ3n) is 3.85. The number of hydrogen-bond donors (Lipinski definition) is 0. The number of carbonyl (C=O) groups excluding carboxylic acids is 1. The second kappa shape index (κ2) is 7.86. The van der Waals surface area contributed by atoms with Gasteiger partial charge in [0.25, 0.3) is 0 Å². The third-order valence-corrected chi connectivity index (χ3v) is 3.85. The number of rotatable bonds is 7. The zero-order chi connectivity index (χ0) is 12.7. The zero-order valence-corrected chi connectivity index (χ0v) is 11.7. The van der Waals surface area contributed by atoms with Crippen LogP contribution in [0.4, 0.5) is 0 Å². The summed E-state index contributed by atoms with van der Waals surface area (Å²) >= 11 is 0. The average molecular weight is 240 g/mol. The molecule has 2 heteroatoms. The molecule has 100 valence electrons. The normalized spacial score (nSPS) is 19.5. The fraction of sp³-hybridized carbons (Fsp3) is 0.933. The van der Waals surface area contributed by atoms with Crippen molar-refractivity contribution in [2.24, 2.45) is 11.8 Å². The highest BCUT2D eigenvalue weighted by Gasteiger charge is 2.28. The first-order valence-corrected chi connectivity index (χ1v) is 7.20. The molecule has 17 heavy (non-hydrogen) atoms. The predicted molar refractivity (Wildman–Crippen MR) is 71.1 cm³/mol. The molecule has 0 aromatic carbocycles. The number of methoxy groups -OCH3 is 1. The molecule has 2 nitrogen and oxygen atoms in total. The van der Waals surface area contributed by atoms with Gasteiger partial charge in [-0.05, 0) is 31.1 Å². The molecular formula is C15H28O2. The largest absolute Gasteiger partial charge is 0.373 e. The molecular weight excluding hydrogens is 212 g/mol. The molecule has 0 amide bonds. The first kappa shape index (κ1) is 14.7. The van der Waals surface area contributed by atoms with E-state index in [0.29, 0.717) is 24.0 Å². The highest BCUT2D eigenvalue weighted by Crippen LogP contribution is 2.29. The van der Waals surface area contributed by atoms with Crippen molar-refractivity contribution in [1.82, 2.24) is 0 Å². The Hall–Kier alpha value is -0.370. The van der Waals surface area contributed by atoms with E-state index in [2.05, 4.69) is 13.8 Å². The Morgan fingerprint density at radius 1 is 1.24 bits per heavy atom. The SMILES string of the molecule is COC(C(=O)CCCC(C)C)C1CCCCC1. The first-order valence-electron chi connectivity index (χ1n) is 7.20. The van der Waals surface area contributed by atoms with Gasteiger partial charge in [0.2, 0.25) is 0 Å². The van der Waals surface area contributed by atoms with E-state index in [0.717, 1.165) is 12.8 Å². The standard InChI is InChI=1S/C15H28O2/c1-12(2)8-7-11-14(16)15(17-3)13-9-5-4-6-10-13/h12-13,15H,4-11H2,1-3H3. The van der Waals surface area contributed by atoms with Crippen molar-refractivity contribution < 1.29 is 9.53 Å². The van der Waals surface area contributed by atoms with Gasteiger partial charge in [-0.3, -0.25) is 4.79 Å². The number of carbonyl (C=O) groups is 1. The van der Waals surface area contributed by atoms with Gasteiger partial charge >= 0.3 is 0 Å². The topological polar surface area (TPSA) is 26.3 Å². The van der Waals surface area contributed by atoms with Gasteiger partial charge in [-0.25, -0.2) is 0 Å². The molecule has 0 aliphatic heterocycles. The summed E-state index contributed by atoms with van der Waals surface area (Å²) in [6.45, 7) is 4.42. The lowest BCUT2D eigenvalue weighted by Gasteiger charge is -2.28. The molecule has 1 aliphatic carbocycles. The van der Waals surface area contributed by atoms with Gasteiger partial charge in [0.1, 0.15) is 6.10 Å². The van der Waals surface area contributed by atoms with Crippen molar-refractivity contribution in [3.8, 4) is 0 Å². The minimum atomic E-state index is -0.123. The summed E-state index contributed by atoms with van der Waals surface area (Å²) < 4.78 is 5.46. The maximum Gasteiger partial charge on any atom is 0.161 e. The molecule has 0 saturated heterocycles. The van der Waals surface area contributed by atoms with Crippen LogP contribution in [0.5, 0.6) is 0 Å². The fourth-order valence-corrected chi connectivity index (χ4v) is 2.85. The number of ketones is 1. The van der Waals surface area contributed by atoms with Gasteiger partial charge < -0.3 is 4.74 Å². The van der Waals surface area contributed by atoms with E-state index in [1.54, 1.807) is 7.11 Å². The molecule has 0 heterocycles. The van der Waals surface area contributed by atoms with Gasteiger partial charge in [0, 0.05) is 13.5 Å². The summed E-state index contributed by atoms with van der Waals surface area (Å²) in [7, 11) is 1.69. The Labute approximate surface area is 106 Å². The van der Waals surface area contributed by atoms with Crippen LogP contribution in [0.3, 0.4) is 0 Å². The summed E-state index contributed by atoms with van der Waals surface area (Å²) in [5.74, 6) is 1.51. The third kappa shape index (κ3) is 5.20. The van der Waals surface area contributed by atoms with E-state index in [1.807, 2.05) is 0 Å². The fourth-order valence-electron chi connectivity index (χ4n) is 2.85. The Bertz CT molecular complexity index is 217. The van der Waals surface area contributed by atoms with Crippen molar-refractivity contribution in [3.05, 3.63) is 0 Å². The Balaban J connectivity index is 2.34. The van der Waals surface area contributed by atoms with E-state index >= 15 is 0 Å². The minimum absolute atomic E-state index is 0.123. The van der Waals surface area contributed by atoms with E-state index < -0.39 is 0 Å². The number of hydrogen-bond acceptors (Lipinski definition) is 2. The molecule has 1 atom stereocenters. The van der Waals surface area contributed by atoms with Crippen molar-refractivity contribution in [2.45, 2.75) is 71.3 Å². The number of Topliss-reactive ketones (excluding diaryl/α,β-unsaturated/α-hetero) is 1. The van der Waals surface area contributed by atoms with Crippen LogP contribution in [0.1, 0.15) is 65.2 Å². The molecule has 0 bridgehead atoms. The van der Waals surface area contributed by atoms with Gasteiger partial charge in [-0.2, -0.15) is 0 Å². The quantitative estimate of drug-likeness (QED) is 0.673. The second-order valence-corrected chi connectivity index (χ2v) is 5.81. The van der Waals surface area contributed by atoms with Crippen LogP contribution in [0, 0.1) is 11.8 Å². The molecule has 0 aromatic heterocycles. The Morgan fingerprint density at radius 3 is 2.41 bits per heavy atom. The van der Waals surface area contributed by atoms with Gasteiger partial charge in [-0.1, -0.05) is 39.5 Å². The molecule has 0 aromatic rings. The van der Waals surface area contributed by atoms with E-state index in [1.165, 1.54) is 32.1 Å². The summed E-state index contributed by atoms with van der Waals surface area (Å²) in [5, 5.41) is 0. The average Bonchev–Trinajstić information content (AvgIpc) is 2.31. The molecule has 0 spiro atoms. The molecule has 1 rings (SSSR count). The molecule has 1 saturated carbocycles. The van der Waals surface area contributed by atoms with Crippen LogP contribution >= 0.6 is 0 Å². The lowest BCUT2D eigenvalue weighted by molar-refractivity contribution is -0.132. The predicted octanol–water partition coefficient (Wildman–Crippen LogP) is 3.98. The lowest BCUT2D eigenvalue weighted by atomic mass is 9.83. The van der Waals surface area contributed by atoms with E-state index in [-0.39, 0.29) is 6.10 Å². The number of ether oxygens (including phenoxy) is 1. The van der Waals surface area contributed by atoms with Gasteiger partial charge in [0.05, 0.1) is 0 Å². The Morgan fingerprint density at radius 2 is 1.88 bits per heavy atom. The molecule has 1 aliphatic rings. The van der Waals surface area contributed by atoms with Crippen LogP contribution in [0.2, 0.25) is 0 Å². The molecule has 0 N–H and O–H groups in total. The van der Waals surface area contributed by atoms with Crippen molar-refractivity contribution in [2.75, 3.05) is 7.11 Å². The summed E-state index contributed by atoms with van der Waals surface area (Å²) in [5.41, 5.74) is 0. The van der Waals surface area contributed by atoms with Crippen LogP contribution in [-0.4, -0.2) is 19.0 Å². The zero-order valence-electron chi connectivity index (χ0n) is 11.7. The van der Waals surface area contributed by atoms with Crippen LogP contribution < -0.4 is 0 Å². The highest BCUT2D eigenvalue weighted by molar-refractivity contribution is 5.83. The van der Waals surface area contributed by atoms with Gasteiger partial charge in [0.15, 0.2) is 5.78 Å². The summed E-state index contributed by atoms with van der Waals surface area (Å²) in [4.78, 5) is 12.1. The minimum Gasteiger partial charge on any atom is -0.373 e. The summed E-state index contributed by atoms with van der Waals surface area (Å²) in [6.07, 6.45) is 8.95. The highest BCUT2D eigenvalue weighted by atomic mass is 16.5. The maximum absolute atomic E-state index is 12.1. The van der Waals surface area contributed by atoms with Gasteiger partial charge in [-0.15, -0.1) is 0 Å². The van der Waals surface area contributed by atoms with Crippen molar-refractivity contribution >= 4 is 5.78 Å². The van der Waals surface area contributed by atoms with Crippen molar-refractivity contribution in [1.29, 1.82) is 0 Å². The Kier molecular flexibility index (Phi) is 6.79. The molecule has 0 radical (unpaired) electrons. The van der Waals surface area contributed by atoms with Crippen LogP contribution in [-0.2, 0) is 9.53 Å². The lowest BCUT2D eigenvalue weighted by Crippen LogP contribution is -2.33. The van der Waals surface area contributed by atoms with Crippen molar-refractivity contribution in [3.63, 3.8) is 0 Å². The monoisotopic (exact) mass is 240 g/mol. The van der Waals surface area contributed by atoms with Crippen LogP contribution in [0.15, 0.2) is 0 Å². The summed E-state index contributed by atoms with van der Waals surface area (Å²) in [6, 6.07) is 0. The van der Waals surface area contributed by atoms with E-state index in [9.17, 15) is 4.79 Å². The van der Waals surface area contributed by atoms with Crippen LogP contribution in [0.25, 0.3) is 0 Å². The second-order valence-electron chi connectivity index (χ2n) is 5.81. The smallest absolute Gasteiger partial charge is 0.161 e. The maximum atomic E-state index is 12.1. The first-order chi connectivity index (χ1) is 8.15. The van der Waals surface area contributed by atoms with E-state index in [4.69, 9.17) is 4.74 Å². The molecule has 1 unspecified atom stereocenters. The molecule has 1 fully saturated rings.